The second-order valence-corrected chi connectivity index (χ2v) is 5.99. The zero-order valence-electron chi connectivity index (χ0n) is 10.00. The van der Waals surface area contributed by atoms with Crippen molar-refractivity contribution in [3.8, 4) is 5.75 Å². The standard InChI is InChI=1S/C13H16Cl2N2O/c14-10-5-9(6-11(15)13(10)18)16-12-2-4-17-3-1-8(12)7-17/h5-6,8,12,16,18H,1-4,7H2. The van der Waals surface area contributed by atoms with Crippen LogP contribution in [0.3, 0.4) is 0 Å². The van der Waals surface area contributed by atoms with Crippen LogP contribution in [0.5, 0.6) is 5.75 Å². The molecule has 3 rings (SSSR count). The lowest BCUT2D eigenvalue weighted by Gasteiger charge is -2.31. The number of hydrogen-bond acceptors (Lipinski definition) is 3. The van der Waals surface area contributed by atoms with Crippen molar-refractivity contribution in [2.24, 2.45) is 5.92 Å². The number of rotatable bonds is 2. The summed E-state index contributed by atoms with van der Waals surface area (Å²) < 4.78 is 0. The van der Waals surface area contributed by atoms with E-state index in [2.05, 4.69) is 10.2 Å². The number of halogens is 2. The molecule has 0 amide bonds. The fraction of sp³-hybridized carbons (Fsp3) is 0.538. The molecule has 3 atom stereocenters. The van der Waals surface area contributed by atoms with Crippen LogP contribution in [-0.4, -0.2) is 35.7 Å². The van der Waals surface area contributed by atoms with Gasteiger partial charge < -0.3 is 15.3 Å². The van der Waals surface area contributed by atoms with Crippen molar-refractivity contribution in [2.45, 2.75) is 18.9 Å². The van der Waals surface area contributed by atoms with Crippen LogP contribution in [-0.2, 0) is 0 Å². The number of nitrogens with one attached hydrogen (secondary N) is 1. The Kier molecular flexibility index (Phi) is 3.31. The molecule has 3 unspecified atom stereocenters. The molecule has 0 radical (unpaired) electrons. The van der Waals surface area contributed by atoms with Gasteiger partial charge in [0, 0.05) is 24.8 Å². The Bertz CT molecular complexity index is 443. The highest BCUT2D eigenvalue weighted by Crippen LogP contribution is 2.36. The Morgan fingerprint density at radius 1 is 1.17 bits per heavy atom. The van der Waals surface area contributed by atoms with Gasteiger partial charge in [-0.15, -0.1) is 0 Å². The van der Waals surface area contributed by atoms with Crippen LogP contribution in [0.25, 0.3) is 0 Å². The highest BCUT2D eigenvalue weighted by molar-refractivity contribution is 6.37. The molecule has 0 spiro atoms. The maximum absolute atomic E-state index is 9.54. The van der Waals surface area contributed by atoms with Gasteiger partial charge in [0.15, 0.2) is 5.75 Å². The smallest absolute Gasteiger partial charge is 0.152 e. The lowest BCUT2D eigenvalue weighted by atomic mass is 9.94. The van der Waals surface area contributed by atoms with E-state index >= 15 is 0 Å². The van der Waals surface area contributed by atoms with Crippen LogP contribution in [0.4, 0.5) is 5.69 Å². The van der Waals surface area contributed by atoms with E-state index in [4.69, 9.17) is 23.2 Å². The molecule has 2 fully saturated rings. The van der Waals surface area contributed by atoms with E-state index in [0.717, 1.165) is 18.7 Å². The van der Waals surface area contributed by atoms with Crippen LogP contribution < -0.4 is 5.32 Å². The van der Waals surface area contributed by atoms with Crippen molar-refractivity contribution >= 4 is 28.9 Å². The number of anilines is 1. The molecule has 2 aliphatic rings. The van der Waals surface area contributed by atoms with Crippen LogP contribution in [0.1, 0.15) is 12.8 Å². The van der Waals surface area contributed by atoms with E-state index < -0.39 is 0 Å². The summed E-state index contributed by atoms with van der Waals surface area (Å²) in [6, 6.07) is 3.97. The molecule has 2 N–H and O–H groups in total. The number of aromatic hydroxyl groups is 1. The summed E-state index contributed by atoms with van der Waals surface area (Å²) in [6.45, 7) is 3.57. The van der Waals surface area contributed by atoms with Gasteiger partial charge >= 0.3 is 0 Å². The maximum Gasteiger partial charge on any atom is 0.152 e. The molecule has 98 valence electrons. The summed E-state index contributed by atoms with van der Waals surface area (Å²) in [5.41, 5.74) is 0.896. The third-order valence-corrected chi connectivity index (χ3v) is 4.58. The summed E-state index contributed by atoms with van der Waals surface area (Å²) >= 11 is 11.9. The van der Waals surface area contributed by atoms with E-state index in [1.807, 2.05) is 0 Å². The van der Waals surface area contributed by atoms with Crippen LogP contribution in [0.15, 0.2) is 12.1 Å². The molecular weight excluding hydrogens is 271 g/mol. The number of fused-ring (bicyclic) bond motifs is 2. The summed E-state index contributed by atoms with van der Waals surface area (Å²) in [7, 11) is 0. The lowest BCUT2D eigenvalue weighted by molar-refractivity contribution is 0.255. The van der Waals surface area contributed by atoms with Gasteiger partial charge in [-0.25, -0.2) is 0 Å². The van der Waals surface area contributed by atoms with E-state index in [1.165, 1.54) is 19.5 Å². The molecule has 18 heavy (non-hydrogen) atoms. The van der Waals surface area contributed by atoms with Gasteiger partial charge in [-0.1, -0.05) is 23.2 Å². The van der Waals surface area contributed by atoms with Gasteiger partial charge in [-0.3, -0.25) is 0 Å². The fourth-order valence-electron chi connectivity index (χ4n) is 3.00. The molecule has 0 saturated carbocycles. The minimum absolute atomic E-state index is 0.0421. The zero-order chi connectivity index (χ0) is 12.7. The Morgan fingerprint density at radius 3 is 2.56 bits per heavy atom. The van der Waals surface area contributed by atoms with E-state index in [-0.39, 0.29) is 5.75 Å². The zero-order valence-corrected chi connectivity index (χ0v) is 11.5. The molecule has 3 nitrogen and oxygen atoms in total. The molecule has 1 aromatic carbocycles. The first kappa shape index (κ1) is 12.4. The first-order valence-corrected chi connectivity index (χ1v) is 7.06. The first-order chi connectivity index (χ1) is 8.63. The Morgan fingerprint density at radius 2 is 1.83 bits per heavy atom. The van der Waals surface area contributed by atoms with E-state index in [9.17, 15) is 5.11 Å². The van der Waals surface area contributed by atoms with Crippen LogP contribution in [0.2, 0.25) is 10.0 Å². The third kappa shape index (κ3) is 2.27. The maximum atomic E-state index is 9.54. The quantitative estimate of drug-likeness (QED) is 0.820. The molecule has 2 bridgehead atoms. The Balaban J connectivity index is 1.76. The molecule has 0 aliphatic carbocycles. The Hall–Kier alpha value is -0.640. The molecule has 2 saturated heterocycles. The van der Waals surface area contributed by atoms with Crippen molar-refractivity contribution in [1.82, 2.24) is 4.90 Å². The third-order valence-electron chi connectivity index (χ3n) is 4.00. The van der Waals surface area contributed by atoms with Crippen molar-refractivity contribution in [1.29, 1.82) is 0 Å². The number of benzene rings is 1. The van der Waals surface area contributed by atoms with Gasteiger partial charge in [0.1, 0.15) is 0 Å². The van der Waals surface area contributed by atoms with Crippen molar-refractivity contribution in [3.63, 3.8) is 0 Å². The van der Waals surface area contributed by atoms with Gasteiger partial charge in [-0.2, -0.15) is 0 Å². The van der Waals surface area contributed by atoms with Crippen molar-refractivity contribution in [2.75, 3.05) is 25.0 Å². The largest absolute Gasteiger partial charge is 0.505 e. The van der Waals surface area contributed by atoms with Crippen molar-refractivity contribution < 1.29 is 5.11 Å². The SMILES string of the molecule is Oc1c(Cl)cc(NC2CCN3CCC2C3)cc1Cl. The second kappa shape index (κ2) is 4.80. The fourth-order valence-corrected chi connectivity index (χ4v) is 3.49. The summed E-state index contributed by atoms with van der Waals surface area (Å²) in [4.78, 5) is 2.51. The molecular formula is C13H16Cl2N2O. The van der Waals surface area contributed by atoms with Gasteiger partial charge in [0.05, 0.1) is 10.0 Å². The summed E-state index contributed by atoms with van der Waals surface area (Å²) in [5.74, 6) is 0.671. The van der Waals surface area contributed by atoms with E-state index in [1.54, 1.807) is 12.1 Å². The van der Waals surface area contributed by atoms with Crippen LogP contribution in [0, 0.1) is 5.92 Å². The molecule has 2 heterocycles. The predicted octanol–water partition coefficient (Wildman–Crippen LogP) is 3.21. The van der Waals surface area contributed by atoms with Gasteiger partial charge in [0.2, 0.25) is 0 Å². The monoisotopic (exact) mass is 286 g/mol. The van der Waals surface area contributed by atoms with E-state index in [0.29, 0.717) is 22.0 Å². The minimum Gasteiger partial charge on any atom is -0.505 e. The van der Waals surface area contributed by atoms with Gasteiger partial charge in [-0.05, 0) is 37.4 Å². The normalized spacial score (nSPS) is 30.4. The highest BCUT2D eigenvalue weighted by Gasteiger charge is 2.34. The average molecular weight is 287 g/mol. The predicted molar refractivity (Wildman–Crippen MR) is 74.7 cm³/mol. The summed E-state index contributed by atoms with van der Waals surface area (Å²) in [6.07, 6.45) is 2.41. The number of hydrogen-bond donors (Lipinski definition) is 2. The topological polar surface area (TPSA) is 35.5 Å². The van der Waals surface area contributed by atoms with Gasteiger partial charge in [0.25, 0.3) is 0 Å². The first-order valence-electron chi connectivity index (χ1n) is 6.30. The molecule has 1 aromatic rings. The van der Waals surface area contributed by atoms with Crippen LogP contribution >= 0.6 is 23.2 Å². The average Bonchev–Trinajstić information content (AvgIpc) is 2.73. The van der Waals surface area contributed by atoms with Crippen molar-refractivity contribution in [3.05, 3.63) is 22.2 Å². The molecule has 0 aromatic heterocycles. The number of phenolic OH excluding ortho intramolecular Hbond substituents is 1. The number of phenols is 1. The number of piperidine rings is 1. The second-order valence-electron chi connectivity index (χ2n) is 5.18. The molecule has 5 heteroatoms. The number of nitrogens with zero attached hydrogens (tertiary/aromatic N) is 1. The highest BCUT2D eigenvalue weighted by atomic mass is 35.5. The minimum atomic E-state index is -0.0421. The Labute approximate surface area is 117 Å². The summed E-state index contributed by atoms with van der Waals surface area (Å²) in [5, 5.41) is 13.7. The molecule has 2 aliphatic heterocycles. The lowest BCUT2D eigenvalue weighted by Crippen LogP contribution is -2.39.